The zero-order chi connectivity index (χ0) is 22.8. The maximum Gasteiger partial charge on any atom is 0.312 e. The second-order valence-corrected chi connectivity index (χ2v) is 8.40. The standard InChI is InChI=1S/C26H27NO5/c1-16(2)31-21-10-6-19(7-11-21)22-15-24(29)32-23-14-17(3)27(26(30)25(22)23)13-12-18-4-8-20(28)9-5-18/h4-11,14,16,22,28H,12-13,15H2,1-3H3. The van der Waals surface area contributed by atoms with E-state index in [1.807, 2.05) is 57.2 Å². The molecule has 6 heteroatoms. The molecule has 1 unspecified atom stereocenters. The van der Waals surface area contributed by atoms with Crippen molar-refractivity contribution < 1.29 is 19.4 Å². The Morgan fingerprint density at radius 2 is 1.78 bits per heavy atom. The van der Waals surface area contributed by atoms with E-state index >= 15 is 0 Å². The number of rotatable bonds is 6. The Morgan fingerprint density at radius 3 is 2.44 bits per heavy atom. The van der Waals surface area contributed by atoms with Gasteiger partial charge in [0.1, 0.15) is 17.2 Å². The van der Waals surface area contributed by atoms with Crippen LogP contribution in [0.15, 0.2) is 59.4 Å². The number of benzene rings is 2. The Balaban J connectivity index is 1.68. The topological polar surface area (TPSA) is 77.8 Å². The van der Waals surface area contributed by atoms with Crippen LogP contribution < -0.4 is 15.0 Å². The lowest BCUT2D eigenvalue weighted by molar-refractivity contribution is -0.135. The number of nitrogens with zero attached hydrogens (tertiary/aromatic N) is 1. The van der Waals surface area contributed by atoms with Gasteiger partial charge in [-0.3, -0.25) is 9.59 Å². The van der Waals surface area contributed by atoms with Crippen molar-refractivity contribution in [2.45, 2.75) is 52.2 Å². The molecule has 3 aromatic rings. The van der Waals surface area contributed by atoms with Crippen molar-refractivity contribution in [3.63, 3.8) is 0 Å². The zero-order valence-electron chi connectivity index (χ0n) is 18.5. The van der Waals surface area contributed by atoms with Crippen LogP contribution in [-0.2, 0) is 17.8 Å². The molecule has 2 heterocycles. The fourth-order valence-corrected chi connectivity index (χ4v) is 4.11. The first-order valence-electron chi connectivity index (χ1n) is 10.8. The van der Waals surface area contributed by atoms with Gasteiger partial charge in [0.25, 0.3) is 5.56 Å². The second kappa shape index (κ2) is 8.91. The van der Waals surface area contributed by atoms with Crippen molar-refractivity contribution >= 4 is 5.97 Å². The lowest BCUT2D eigenvalue weighted by atomic mass is 9.87. The van der Waals surface area contributed by atoms with Gasteiger partial charge in [-0.15, -0.1) is 0 Å². The largest absolute Gasteiger partial charge is 0.508 e. The molecule has 0 bridgehead atoms. The summed E-state index contributed by atoms with van der Waals surface area (Å²) in [6, 6.07) is 16.3. The van der Waals surface area contributed by atoms with Crippen LogP contribution in [0, 0.1) is 6.92 Å². The van der Waals surface area contributed by atoms with Crippen molar-refractivity contribution in [2.24, 2.45) is 0 Å². The van der Waals surface area contributed by atoms with Gasteiger partial charge in [-0.05, 0) is 62.6 Å². The summed E-state index contributed by atoms with van der Waals surface area (Å²) in [7, 11) is 0. The molecule has 2 aromatic carbocycles. The highest BCUT2D eigenvalue weighted by Crippen LogP contribution is 2.37. The summed E-state index contributed by atoms with van der Waals surface area (Å²) < 4.78 is 12.9. The molecule has 4 rings (SSSR count). The first-order valence-corrected chi connectivity index (χ1v) is 10.8. The fraction of sp³-hybridized carbons (Fsp3) is 0.308. The summed E-state index contributed by atoms with van der Waals surface area (Å²) >= 11 is 0. The first-order chi connectivity index (χ1) is 15.3. The zero-order valence-corrected chi connectivity index (χ0v) is 18.5. The second-order valence-electron chi connectivity index (χ2n) is 8.40. The third-order valence-electron chi connectivity index (χ3n) is 5.66. The number of hydrogen-bond acceptors (Lipinski definition) is 5. The van der Waals surface area contributed by atoms with Gasteiger partial charge in [0, 0.05) is 24.2 Å². The van der Waals surface area contributed by atoms with Crippen LogP contribution in [0.25, 0.3) is 0 Å². The molecule has 0 radical (unpaired) electrons. The lowest BCUT2D eigenvalue weighted by Gasteiger charge is -2.26. The number of phenolic OH excluding ortho intramolecular Hbond substituents is 1. The van der Waals surface area contributed by atoms with E-state index in [1.165, 1.54) is 0 Å². The lowest BCUT2D eigenvalue weighted by Crippen LogP contribution is -2.33. The minimum absolute atomic E-state index is 0.0648. The van der Waals surface area contributed by atoms with Crippen LogP contribution in [0.4, 0.5) is 0 Å². The minimum atomic E-state index is -0.368. The molecule has 32 heavy (non-hydrogen) atoms. The number of carbonyl (C=O) groups is 1. The Hall–Kier alpha value is -3.54. The number of carbonyl (C=O) groups excluding carboxylic acids is 1. The van der Waals surface area contributed by atoms with Gasteiger partial charge in [-0.25, -0.2) is 0 Å². The number of pyridine rings is 1. The highest BCUT2D eigenvalue weighted by atomic mass is 16.5. The molecule has 0 fully saturated rings. The van der Waals surface area contributed by atoms with Gasteiger partial charge < -0.3 is 19.1 Å². The molecular weight excluding hydrogens is 406 g/mol. The summed E-state index contributed by atoms with van der Waals surface area (Å²) in [5.74, 6) is 0.595. The summed E-state index contributed by atoms with van der Waals surface area (Å²) in [5, 5.41) is 9.48. The number of aromatic hydroxyl groups is 1. The maximum atomic E-state index is 13.5. The molecule has 1 N–H and O–H groups in total. The molecule has 1 atom stereocenters. The van der Waals surface area contributed by atoms with Crippen molar-refractivity contribution in [1.29, 1.82) is 0 Å². The number of phenols is 1. The van der Waals surface area contributed by atoms with E-state index in [-0.39, 0.29) is 35.7 Å². The molecular formula is C26H27NO5. The fourth-order valence-electron chi connectivity index (χ4n) is 4.11. The van der Waals surface area contributed by atoms with Gasteiger partial charge in [0.2, 0.25) is 0 Å². The number of esters is 1. The van der Waals surface area contributed by atoms with Crippen molar-refractivity contribution in [3.8, 4) is 17.2 Å². The van der Waals surface area contributed by atoms with E-state index in [2.05, 4.69) is 0 Å². The number of hydrogen-bond donors (Lipinski definition) is 1. The van der Waals surface area contributed by atoms with Crippen LogP contribution in [0.5, 0.6) is 17.2 Å². The molecule has 6 nitrogen and oxygen atoms in total. The first kappa shape index (κ1) is 21.7. The maximum absolute atomic E-state index is 13.5. The van der Waals surface area contributed by atoms with Gasteiger partial charge in [0.05, 0.1) is 18.1 Å². The Kier molecular flexibility index (Phi) is 6.04. The van der Waals surface area contributed by atoms with Crippen LogP contribution in [0.3, 0.4) is 0 Å². The van der Waals surface area contributed by atoms with Crippen LogP contribution in [-0.4, -0.2) is 21.7 Å². The number of aryl methyl sites for hydroxylation is 2. The van der Waals surface area contributed by atoms with E-state index in [0.29, 0.717) is 24.3 Å². The van der Waals surface area contributed by atoms with Gasteiger partial charge in [-0.1, -0.05) is 24.3 Å². The van der Waals surface area contributed by atoms with Crippen LogP contribution in [0.2, 0.25) is 0 Å². The molecule has 0 amide bonds. The molecule has 1 aromatic heterocycles. The average Bonchev–Trinajstić information content (AvgIpc) is 2.74. The summed E-state index contributed by atoms with van der Waals surface area (Å²) in [6.07, 6.45) is 0.828. The van der Waals surface area contributed by atoms with Crippen molar-refractivity contribution in [3.05, 3.63) is 87.3 Å². The van der Waals surface area contributed by atoms with E-state index in [1.54, 1.807) is 22.8 Å². The van der Waals surface area contributed by atoms with E-state index in [4.69, 9.17) is 9.47 Å². The van der Waals surface area contributed by atoms with Gasteiger partial charge in [-0.2, -0.15) is 0 Å². The van der Waals surface area contributed by atoms with E-state index in [0.717, 1.165) is 22.6 Å². The third-order valence-corrected chi connectivity index (χ3v) is 5.66. The number of ether oxygens (including phenoxy) is 2. The minimum Gasteiger partial charge on any atom is -0.508 e. The van der Waals surface area contributed by atoms with Gasteiger partial charge >= 0.3 is 5.97 Å². The van der Waals surface area contributed by atoms with Crippen LogP contribution >= 0.6 is 0 Å². The highest BCUT2D eigenvalue weighted by Gasteiger charge is 2.32. The SMILES string of the molecule is Cc1cc2c(c(=O)n1CCc1ccc(O)cc1)C(c1ccc(OC(C)C)cc1)CC(=O)O2. The highest BCUT2D eigenvalue weighted by molar-refractivity contribution is 5.77. The predicted molar refractivity (Wildman–Crippen MR) is 122 cm³/mol. The Morgan fingerprint density at radius 1 is 1.09 bits per heavy atom. The summed E-state index contributed by atoms with van der Waals surface area (Å²) in [5.41, 5.74) is 3.01. The molecule has 166 valence electrons. The number of fused-ring (bicyclic) bond motifs is 1. The molecule has 1 aliphatic heterocycles. The number of aromatic nitrogens is 1. The van der Waals surface area contributed by atoms with E-state index in [9.17, 15) is 14.7 Å². The Bertz CT molecular complexity index is 1180. The van der Waals surface area contributed by atoms with Gasteiger partial charge in [0.15, 0.2) is 0 Å². The van der Waals surface area contributed by atoms with Crippen molar-refractivity contribution in [1.82, 2.24) is 4.57 Å². The van der Waals surface area contributed by atoms with Crippen LogP contribution in [0.1, 0.15) is 48.6 Å². The normalized spacial score (nSPS) is 15.4. The molecule has 0 saturated carbocycles. The monoisotopic (exact) mass is 433 g/mol. The predicted octanol–water partition coefficient (Wildman–Crippen LogP) is 4.33. The summed E-state index contributed by atoms with van der Waals surface area (Å²) in [6.45, 7) is 6.26. The third kappa shape index (κ3) is 4.54. The van der Waals surface area contributed by atoms with E-state index < -0.39 is 0 Å². The molecule has 0 saturated heterocycles. The average molecular weight is 434 g/mol. The summed E-state index contributed by atoms with van der Waals surface area (Å²) in [4.78, 5) is 25.8. The smallest absolute Gasteiger partial charge is 0.312 e. The Labute approximate surface area is 187 Å². The molecule has 0 spiro atoms. The molecule has 1 aliphatic rings. The van der Waals surface area contributed by atoms with Crippen molar-refractivity contribution in [2.75, 3.05) is 0 Å². The quantitative estimate of drug-likeness (QED) is 0.586. The molecule has 0 aliphatic carbocycles.